The highest BCUT2D eigenvalue weighted by atomic mass is 32.2. The van der Waals surface area contributed by atoms with Gasteiger partial charge >= 0.3 is 0 Å². The molecule has 150 valence electrons. The van der Waals surface area contributed by atoms with E-state index in [0.29, 0.717) is 5.92 Å². The number of amides is 1. The van der Waals surface area contributed by atoms with Crippen molar-refractivity contribution in [1.82, 2.24) is 20.1 Å². The van der Waals surface area contributed by atoms with Gasteiger partial charge in [0, 0.05) is 12.0 Å². The van der Waals surface area contributed by atoms with Crippen LogP contribution in [0.15, 0.2) is 35.5 Å². The Balaban J connectivity index is 1.52. The lowest BCUT2D eigenvalue weighted by Crippen LogP contribution is -2.36. The maximum atomic E-state index is 13.0. The Hall–Kier alpha value is -2.22. The summed E-state index contributed by atoms with van der Waals surface area (Å²) in [4.78, 5) is 12.6. The van der Waals surface area contributed by atoms with Crippen LogP contribution in [0.4, 0.5) is 0 Å². The topological polar surface area (TPSA) is 93.9 Å². The molecular formula is C20H26N4O3S. The molecule has 1 aromatic carbocycles. The molecule has 1 amide bonds. The molecule has 2 aliphatic rings. The van der Waals surface area contributed by atoms with Gasteiger partial charge in [-0.1, -0.05) is 44.2 Å². The van der Waals surface area contributed by atoms with Crippen molar-refractivity contribution in [3.05, 3.63) is 41.7 Å². The fraction of sp³-hybridized carbons (Fsp3) is 0.550. The van der Waals surface area contributed by atoms with Crippen molar-refractivity contribution in [2.75, 3.05) is 5.75 Å². The Morgan fingerprint density at radius 2 is 1.82 bits per heavy atom. The maximum absolute atomic E-state index is 13.0. The summed E-state index contributed by atoms with van der Waals surface area (Å²) < 4.78 is 27.7. The van der Waals surface area contributed by atoms with Gasteiger partial charge in [-0.25, -0.2) is 8.42 Å². The molecule has 1 N–H and O–H groups in total. The zero-order valence-corrected chi connectivity index (χ0v) is 17.0. The number of hydrogen-bond donors (Lipinski definition) is 1. The van der Waals surface area contributed by atoms with Gasteiger partial charge in [0.15, 0.2) is 0 Å². The van der Waals surface area contributed by atoms with Crippen LogP contribution in [-0.2, 0) is 14.6 Å². The first-order valence-electron chi connectivity index (χ1n) is 9.88. The van der Waals surface area contributed by atoms with Crippen molar-refractivity contribution in [2.45, 2.75) is 62.7 Å². The smallest absolute Gasteiger partial charge is 0.250 e. The first kappa shape index (κ1) is 19.1. The van der Waals surface area contributed by atoms with Crippen LogP contribution in [0.1, 0.15) is 68.9 Å². The summed E-state index contributed by atoms with van der Waals surface area (Å²) in [5.74, 6) is 0.0880. The molecule has 0 saturated heterocycles. The summed E-state index contributed by atoms with van der Waals surface area (Å²) in [6.45, 7) is 4.00. The van der Waals surface area contributed by atoms with E-state index in [9.17, 15) is 13.2 Å². The van der Waals surface area contributed by atoms with Crippen LogP contribution >= 0.6 is 0 Å². The minimum Gasteiger partial charge on any atom is -0.348 e. The van der Waals surface area contributed by atoms with Crippen LogP contribution < -0.4 is 5.32 Å². The summed E-state index contributed by atoms with van der Waals surface area (Å²) in [5, 5.41) is 11.0. The average Bonchev–Trinajstić information content (AvgIpc) is 3.58. The number of nitrogens with one attached hydrogen (secondary N) is 1. The number of benzene rings is 1. The van der Waals surface area contributed by atoms with Gasteiger partial charge in [-0.3, -0.25) is 9.36 Å². The van der Waals surface area contributed by atoms with E-state index in [1.165, 1.54) is 0 Å². The van der Waals surface area contributed by atoms with Gasteiger partial charge in [-0.15, -0.1) is 10.2 Å². The van der Waals surface area contributed by atoms with Gasteiger partial charge in [0.05, 0.1) is 6.04 Å². The molecule has 1 aromatic heterocycles. The number of aromatic nitrogens is 3. The quantitative estimate of drug-likeness (QED) is 0.733. The lowest BCUT2D eigenvalue weighted by atomic mass is 9.96. The summed E-state index contributed by atoms with van der Waals surface area (Å²) in [6.07, 6.45) is 3.93. The molecular weight excluding hydrogens is 376 g/mol. The number of rotatable bonds is 8. The number of sulfone groups is 1. The van der Waals surface area contributed by atoms with Crippen LogP contribution in [0.25, 0.3) is 0 Å². The van der Waals surface area contributed by atoms with E-state index in [2.05, 4.69) is 15.5 Å². The average molecular weight is 403 g/mol. The second-order valence-electron chi connectivity index (χ2n) is 8.18. The molecule has 7 nitrogen and oxygen atoms in total. The number of carbonyl (C=O) groups excluding carboxylic acids is 1. The molecule has 0 bridgehead atoms. The van der Waals surface area contributed by atoms with Crippen LogP contribution in [0.2, 0.25) is 0 Å². The fourth-order valence-electron chi connectivity index (χ4n) is 3.54. The molecule has 0 radical (unpaired) electrons. The first-order valence-corrected chi connectivity index (χ1v) is 11.5. The summed E-state index contributed by atoms with van der Waals surface area (Å²) in [6, 6.07) is 9.51. The zero-order valence-electron chi connectivity index (χ0n) is 16.2. The van der Waals surface area contributed by atoms with Crippen molar-refractivity contribution in [1.29, 1.82) is 0 Å². The fourth-order valence-corrected chi connectivity index (χ4v) is 4.81. The Morgan fingerprint density at radius 3 is 2.39 bits per heavy atom. The highest BCUT2D eigenvalue weighted by Crippen LogP contribution is 2.45. The van der Waals surface area contributed by atoms with Crippen LogP contribution in [-0.4, -0.2) is 34.8 Å². The monoisotopic (exact) mass is 402 g/mol. The summed E-state index contributed by atoms with van der Waals surface area (Å²) >= 11 is 0. The second kappa shape index (κ2) is 7.31. The second-order valence-corrected chi connectivity index (χ2v) is 10.1. The standard InChI is InChI=1S/C20H26N4O3S/c1-13(2)18(14-6-4-3-5-7-14)21-17(25)12-28(26,27)20-23-22-19(15-8-9-15)24(20)16-10-11-16/h3-7,13,15-16,18H,8-12H2,1-2H3,(H,21,25). The van der Waals surface area contributed by atoms with E-state index < -0.39 is 21.5 Å². The van der Waals surface area contributed by atoms with Gasteiger partial charge in [0.2, 0.25) is 15.7 Å². The molecule has 28 heavy (non-hydrogen) atoms. The summed E-state index contributed by atoms with van der Waals surface area (Å²) in [5.41, 5.74) is 0.959. The molecule has 2 saturated carbocycles. The van der Waals surface area contributed by atoms with E-state index in [1.807, 2.05) is 44.2 Å². The third kappa shape index (κ3) is 3.97. The molecule has 0 aliphatic heterocycles. The van der Waals surface area contributed by atoms with E-state index >= 15 is 0 Å². The van der Waals surface area contributed by atoms with Crippen LogP contribution in [0, 0.1) is 5.92 Å². The largest absolute Gasteiger partial charge is 0.348 e. The molecule has 2 fully saturated rings. The zero-order chi connectivity index (χ0) is 19.9. The Morgan fingerprint density at radius 1 is 1.14 bits per heavy atom. The lowest BCUT2D eigenvalue weighted by Gasteiger charge is -2.23. The molecule has 8 heteroatoms. The van der Waals surface area contributed by atoms with Gasteiger partial charge in [0.1, 0.15) is 11.6 Å². The molecule has 4 rings (SSSR count). The van der Waals surface area contributed by atoms with Crippen molar-refractivity contribution in [3.63, 3.8) is 0 Å². The Labute approximate surface area is 165 Å². The predicted molar refractivity (Wildman–Crippen MR) is 104 cm³/mol. The lowest BCUT2D eigenvalue weighted by molar-refractivity contribution is -0.119. The van der Waals surface area contributed by atoms with E-state index in [-0.39, 0.29) is 23.2 Å². The molecule has 2 aromatic rings. The minimum absolute atomic E-state index is 0.0483. The van der Waals surface area contributed by atoms with Gasteiger partial charge in [0.25, 0.3) is 5.16 Å². The van der Waals surface area contributed by atoms with Crippen molar-refractivity contribution >= 4 is 15.7 Å². The molecule has 1 atom stereocenters. The minimum atomic E-state index is -3.86. The summed E-state index contributed by atoms with van der Waals surface area (Å²) in [7, 11) is -3.86. The van der Waals surface area contributed by atoms with Gasteiger partial charge in [-0.05, 0) is 37.2 Å². The van der Waals surface area contributed by atoms with Gasteiger partial charge < -0.3 is 5.32 Å². The number of nitrogens with zero attached hydrogens (tertiary/aromatic N) is 3. The highest BCUT2D eigenvalue weighted by Gasteiger charge is 2.40. The normalized spacial score (nSPS) is 18.2. The maximum Gasteiger partial charge on any atom is 0.250 e. The van der Waals surface area contributed by atoms with Gasteiger partial charge in [-0.2, -0.15) is 0 Å². The molecule has 2 aliphatic carbocycles. The van der Waals surface area contributed by atoms with Crippen LogP contribution in [0.3, 0.4) is 0 Å². The van der Waals surface area contributed by atoms with E-state index in [4.69, 9.17) is 0 Å². The Kier molecular flexibility index (Phi) is 4.99. The third-order valence-corrected chi connectivity index (χ3v) is 6.76. The molecule has 1 heterocycles. The van der Waals surface area contributed by atoms with Crippen molar-refractivity contribution in [2.24, 2.45) is 5.92 Å². The van der Waals surface area contributed by atoms with Crippen molar-refractivity contribution in [3.8, 4) is 0 Å². The predicted octanol–water partition coefficient (Wildman–Crippen LogP) is 2.78. The molecule has 0 spiro atoms. The highest BCUT2D eigenvalue weighted by molar-refractivity contribution is 7.91. The van der Waals surface area contributed by atoms with E-state index in [0.717, 1.165) is 37.1 Å². The Bertz CT molecular complexity index is 961. The number of hydrogen-bond acceptors (Lipinski definition) is 5. The third-order valence-electron chi connectivity index (χ3n) is 5.29. The SMILES string of the molecule is CC(C)C(NC(=O)CS(=O)(=O)c1nnc(C2CC2)n1C1CC1)c1ccccc1. The van der Waals surface area contributed by atoms with Crippen molar-refractivity contribution < 1.29 is 13.2 Å². The van der Waals surface area contributed by atoms with E-state index in [1.54, 1.807) is 4.57 Å². The molecule has 1 unspecified atom stereocenters. The first-order chi connectivity index (χ1) is 13.4. The number of carbonyl (C=O) groups is 1. The van der Waals surface area contributed by atoms with Crippen LogP contribution in [0.5, 0.6) is 0 Å².